The summed E-state index contributed by atoms with van der Waals surface area (Å²) in [5.74, 6) is 0.0832. The van der Waals surface area contributed by atoms with Crippen LogP contribution in [-0.4, -0.2) is 59.2 Å². The molecule has 0 bridgehead atoms. The summed E-state index contributed by atoms with van der Waals surface area (Å²) in [6, 6.07) is 8.61. The lowest BCUT2D eigenvalue weighted by atomic mass is 10.1. The van der Waals surface area contributed by atoms with Crippen molar-refractivity contribution >= 4 is 23.7 Å². The molecule has 0 aromatic heterocycles. The summed E-state index contributed by atoms with van der Waals surface area (Å²) < 4.78 is 0. The molecule has 1 atom stereocenters. The van der Waals surface area contributed by atoms with Crippen LogP contribution in [0.5, 0.6) is 0 Å². The minimum absolute atomic E-state index is 0.0832. The van der Waals surface area contributed by atoms with E-state index < -0.39 is 0 Å². The van der Waals surface area contributed by atoms with Crippen molar-refractivity contribution in [1.82, 2.24) is 15.1 Å². The Kier molecular flexibility index (Phi) is 6.46. The molecule has 0 spiro atoms. The van der Waals surface area contributed by atoms with Gasteiger partial charge < -0.3 is 15.1 Å². The van der Waals surface area contributed by atoms with Gasteiger partial charge in [0.1, 0.15) is 0 Å². The van der Waals surface area contributed by atoms with Crippen LogP contribution >= 0.6 is 11.8 Å². The van der Waals surface area contributed by atoms with Gasteiger partial charge in [0.25, 0.3) is 0 Å². The Morgan fingerprint density at radius 1 is 1.04 bits per heavy atom. The fourth-order valence-corrected chi connectivity index (χ4v) is 4.39. The zero-order chi connectivity index (χ0) is 18.5. The number of aryl methyl sites for hydroxylation is 1. The molecule has 1 unspecified atom stereocenters. The van der Waals surface area contributed by atoms with E-state index in [-0.39, 0.29) is 23.2 Å². The third-order valence-electron chi connectivity index (χ3n) is 5.19. The van der Waals surface area contributed by atoms with Gasteiger partial charge in [-0.1, -0.05) is 17.7 Å². The molecule has 2 aliphatic rings. The van der Waals surface area contributed by atoms with E-state index in [1.165, 1.54) is 5.56 Å². The molecule has 0 aliphatic carbocycles. The van der Waals surface area contributed by atoms with E-state index in [9.17, 15) is 9.59 Å². The second kappa shape index (κ2) is 8.80. The van der Waals surface area contributed by atoms with E-state index in [0.717, 1.165) is 56.8 Å². The van der Waals surface area contributed by atoms with Gasteiger partial charge in [0.2, 0.25) is 5.91 Å². The van der Waals surface area contributed by atoms with Crippen LogP contribution < -0.4 is 5.32 Å². The number of nitrogens with zero attached hydrogens (tertiary/aromatic N) is 2. The molecule has 2 aliphatic heterocycles. The Bertz CT molecular complexity index is 620. The lowest BCUT2D eigenvalue weighted by molar-refractivity contribution is -0.121. The van der Waals surface area contributed by atoms with Crippen LogP contribution in [0.1, 0.15) is 38.2 Å². The number of carbonyl (C=O) groups excluding carboxylic acids is 2. The first-order chi connectivity index (χ1) is 12.5. The second-order valence-electron chi connectivity index (χ2n) is 7.32. The maximum atomic E-state index is 12.5. The van der Waals surface area contributed by atoms with Crippen molar-refractivity contribution < 1.29 is 9.59 Å². The third-order valence-corrected chi connectivity index (χ3v) is 6.30. The van der Waals surface area contributed by atoms with Gasteiger partial charge in [0, 0.05) is 37.1 Å². The summed E-state index contributed by atoms with van der Waals surface area (Å²) in [5.41, 5.74) is 1.22. The van der Waals surface area contributed by atoms with Gasteiger partial charge in [-0.15, -0.1) is 11.8 Å². The first-order valence-electron chi connectivity index (χ1n) is 9.60. The number of thioether (sulfide) groups is 1. The van der Waals surface area contributed by atoms with Crippen LogP contribution in [0.4, 0.5) is 4.79 Å². The number of rotatable bonds is 4. The van der Waals surface area contributed by atoms with Crippen molar-refractivity contribution in [2.75, 3.05) is 26.2 Å². The monoisotopic (exact) mass is 375 g/mol. The average Bonchev–Trinajstić information content (AvgIpc) is 3.18. The standard InChI is InChI=1S/C20H29N3O2S/c1-15-5-7-18(8-6-15)26-16(2)19(24)21-17-9-13-23(14-10-17)20(25)22-11-3-4-12-22/h5-8,16-17H,3-4,9-14H2,1-2H3,(H,21,24). The lowest BCUT2D eigenvalue weighted by Crippen LogP contribution is -2.50. The fraction of sp³-hybridized carbons (Fsp3) is 0.600. The number of hydrogen-bond acceptors (Lipinski definition) is 3. The number of benzene rings is 1. The molecule has 1 aromatic carbocycles. The van der Waals surface area contributed by atoms with Gasteiger partial charge in [-0.3, -0.25) is 4.79 Å². The third kappa shape index (κ3) is 4.93. The molecule has 0 radical (unpaired) electrons. The summed E-state index contributed by atoms with van der Waals surface area (Å²) >= 11 is 1.59. The van der Waals surface area contributed by atoms with Crippen LogP contribution in [0.25, 0.3) is 0 Å². The van der Waals surface area contributed by atoms with Crippen molar-refractivity contribution in [3.63, 3.8) is 0 Å². The molecular formula is C20H29N3O2S. The van der Waals surface area contributed by atoms with E-state index in [2.05, 4.69) is 36.5 Å². The smallest absolute Gasteiger partial charge is 0.319 e. The molecule has 2 fully saturated rings. The first kappa shape index (κ1) is 19.1. The largest absolute Gasteiger partial charge is 0.352 e. The maximum absolute atomic E-state index is 12.5. The highest BCUT2D eigenvalue weighted by atomic mass is 32.2. The average molecular weight is 376 g/mol. The Morgan fingerprint density at radius 2 is 1.62 bits per heavy atom. The minimum atomic E-state index is -0.123. The highest BCUT2D eigenvalue weighted by molar-refractivity contribution is 8.00. The zero-order valence-corrected chi connectivity index (χ0v) is 16.6. The Morgan fingerprint density at radius 3 is 2.23 bits per heavy atom. The van der Waals surface area contributed by atoms with Gasteiger partial charge in [0.05, 0.1) is 5.25 Å². The number of nitrogens with one attached hydrogen (secondary N) is 1. The van der Waals surface area contributed by atoms with Crippen LogP contribution in [0, 0.1) is 6.92 Å². The Balaban J connectivity index is 1.42. The molecule has 5 nitrogen and oxygen atoms in total. The van der Waals surface area contributed by atoms with Crippen LogP contribution in [-0.2, 0) is 4.79 Å². The molecule has 2 saturated heterocycles. The number of likely N-dealkylation sites (tertiary alicyclic amines) is 2. The summed E-state index contributed by atoms with van der Waals surface area (Å²) in [4.78, 5) is 29.9. The fourth-order valence-electron chi connectivity index (χ4n) is 3.52. The van der Waals surface area contributed by atoms with Gasteiger partial charge in [-0.05, 0) is 51.7 Å². The zero-order valence-electron chi connectivity index (χ0n) is 15.7. The number of amides is 3. The normalized spacial score (nSPS) is 19.5. The molecule has 2 heterocycles. The lowest BCUT2D eigenvalue weighted by Gasteiger charge is -2.35. The van der Waals surface area contributed by atoms with Gasteiger partial charge in [-0.25, -0.2) is 4.79 Å². The van der Waals surface area contributed by atoms with Crippen LogP contribution in [0.2, 0.25) is 0 Å². The molecule has 3 amide bonds. The molecule has 26 heavy (non-hydrogen) atoms. The van der Waals surface area contributed by atoms with Crippen molar-refractivity contribution in [2.45, 2.75) is 55.7 Å². The van der Waals surface area contributed by atoms with E-state index in [0.29, 0.717) is 0 Å². The molecule has 0 saturated carbocycles. The number of piperidine rings is 1. The maximum Gasteiger partial charge on any atom is 0.319 e. The topological polar surface area (TPSA) is 52.7 Å². The highest BCUT2D eigenvalue weighted by Gasteiger charge is 2.29. The SMILES string of the molecule is Cc1ccc(SC(C)C(=O)NC2CCN(C(=O)N3CCCC3)CC2)cc1. The van der Waals surface area contributed by atoms with Crippen LogP contribution in [0.15, 0.2) is 29.2 Å². The minimum Gasteiger partial charge on any atom is -0.352 e. The van der Waals surface area contributed by atoms with Crippen molar-refractivity contribution in [3.8, 4) is 0 Å². The Hall–Kier alpha value is -1.69. The summed E-state index contributed by atoms with van der Waals surface area (Å²) in [5, 5.41) is 3.04. The predicted molar refractivity (Wildman–Crippen MR) is 105 cm³/mol. The van der Waals surface area contributed by atoms with Crippen molar-refractivity contribution in [2.24, 2.45) is 0 Å². The summed E-state index contributed by atoms with van der Waals surface area (Å²) in [6.45, 7) is 7.27. The van der Waals surface area contributed by atoms with E-state index in [4.69, 9.17) is 0 Å². The highest BCUT2D eigenvalue weighted by Crippen LogP contribution is 2.24. The van der Waals surface area contributed by atoms with E-state index >= 15 is 0 Å². The molecule has 6 heteroatoms. The van der Waals surface area contributed by atoms with Crippen molar-refractivity contribution in [1.29, 1.82) is 0 Å². The summed E-state index contributed by atoms with van der Waals surface area (Å²) in [6.07, 6.45) is 3.92. The summed E-state index contributed by atoms with van der Waals surface area (Å²) in [7, 11) is 0. The number of urea groups is 1. The second-order valence-corrected chi connectivity index (χ2v) is 8.73. The molecule has 1 N–H and O–H groups in total. The van der Waals surface area contributed by atoms with Gasteiger partial charge >= 0.3 is 6.03 Å². The van der Waals surface area contributed by atoms with E-state index in [1.54, 1.807) is 11.8 Å². The predicted octanol–water partition coefficient (Wildman–Crippen LogP) is 3.27. The number of carbonyl (C=O) groups is 2. The molecule has 142 valence electrons. The Labute approximate surface area is 160 Å². The molecule has 1 aromatic rings. The van der Waals surface area contributed by atoms with Gasteiger partial charge in [0.15, 0.2) is 0 Å². The van der Waals surface area contributed by atoms with E-state index in [1.807, 2.05) is 16.7 Å². The molecule has 3 rings (SSSR count). The molecular weight excluding hydrogens is 346 g/mol. The first-order valence-corrected chi connectivity index (χ1v) is 10.5. The number of hydrogen-bond donors (Lipinski definition) is 1. The van der Waals surface area contributed by atoms with Crippen molar-refractivity contribution in [3.05, 3.63) is 29.8 Å². The van der Waals surface area contributed by atoms with Crippen LogP contribution in [0.3, 0.4) is 0 Å². The van der Waals surface area contributed by atoms with Gasteiger partial charge in [-0.2, -0.15) is 0 Å². The quantitative estimate of drug-likeness (QED) is 0.822.